The molecule has 2 heterocycles. The molecule has 4 N–H and O–H groups in total. The normalized spacial score (nSPS) is 12.0. The van der Waals surface area contributed by atoms with Crippen LogP contribution in [0.15, 0.2) is 48.7 Å². The van der Waals surface area contributed by atoms with Crippen LogP contribution in [0, 0.1) is 5.92 Å². The Kier molecular flexibility index (Phi) is 6.28. The number of aliphatic hydroxyl groups is 1. The Morgan fingerprint density at radius 3 is 2.57 bits per heavy atom. The van der Waals surface area contributed by atoms with Crippen molar-refractivity contribution in [1.82, 2.24) is 15.0 Å². The Bertz CT molecular complexity index is 937. The summed E-state index contributed by atoms with van der Waals surface area (Å²) in [7, 11) is 0. The number of halogens is 1. The molecule has 146 valence electrons. The molecule has 0 bridgehead atoms. The number of anilines is 3. The molecule has 28 heavy (non-hydrogen) atoms. The predicted molar refractivity (Wildman–Crippen MR) is 111 cm³/mol. The van der Waals surface area contributed by atoms with E-state index >= 15 is 0 Å². The monoisotopic (exact) mass is 399 g/mol. The Morgan fingerprint density at radius 2 is 1.89 bits per heavy atom. The van der Waals surface area contributed by atoms with Gasteiger partial charge in [0.15, 0.2) is 0 Å². The van der Waals surface area contributed by atoms with Crippen molar-refractivity contribution in [2.75, 3.05) is 17.2 Å². The van der Waals surface area contributed by atoms with E-state index in [2.05, 4.69) is 25.6 Å². The van der Waals surface area contributed by atoms with E-state index in [1.165, 1.54) is 6.07 Å². The second-order valence-corrected chi connectivity index (χ2v) is 7.08. The van der Waals surface area contributed by atoms with Gasteiger partial charge in [-0.25, -0.2) is 4.98 Å². The molecule has 2 aromatic heterocycles. The van der Waals surface area contributed by atoms with Crippen LogP contribution in [-0.2, 0) is 0 Å². The summed E-state index contributed by atoms with van der Waals surface area (Å²) >= 11 is 6.03. The van der Waals surface area contributed by atoms with Crippen molar-refractivity contribution in [2.24, 2.45) is 5.92 Å². The zero-order valence-electron chi connectivity index (χ0n) is 15.6. The fourth-order valence-electron chi connectivity index (χ4n) is 2.56. The fourth-order valence-corrected chi connectivity index (χ4v) is 2.73. The summed E-state index contributed by atoms with van der Waals surface area (Å²) in [5.41, 5.74) is 1.70. The minimum atomic E-state index is -0.202. The van der Waals surface area contributed by atoms with Gasteiger partial charge in [-0.15, -0.1) is 0 Å². The van der Waals surface area contributed by atoms with E-state index in [-0.39, 0.29) is 24.3 Å². The Labute approximate surface area is 168 Å². The molecular formula is C20H22ClN5O2. The van der Waals surface area contributed by atoms with Crippen LogP contribution >= 0.6 is 11.6 Å². The van der Waals surface area contributed by atoms with Crippen molar-refractivity contribution in [2.45, 2.75) is 19.9 Å². The van der Waals surface area contributed by atoms with Gasteiger partial charge >= 0.3 is 0 Å². The molecule has 0 aliphatic rings. The second-order valence-electron chi connectivity index (χ2n) is 6.64. The van der Waals surface area contributed by atoms with E-state index in [0.717, 1.165) is 0 Å². The molecule has 0 spiro atoms. The van der Waals surface area contributed by atoms with Gasteiger partial charge in [0, 0.05) is 17.3 Å². The molecule has 0 fully saturated rings. The average molecular weight is 400 g/mol. The number of pyridine rings is 1. The Balaban J connectivity index is 2.00. The maximum Gasteiger partial charge on any atom is 0.225 e. The fraction of sp³-hybridized carbons (Fsp3) is 0.250. The van der Waals surface area contributed by atoms with Crippen LogP contribution in [0.25, 0.3) is 11.4 Å². The third-order valence-corrected chi connectivity index (χ3v) is 4.43. The van der Waals surface area contributed by atoms with Gasteiger partial charge in [-0.3, -0.25) is 4.98 Å². The third-order valence-electron chi connectivity index (χ3n) is 4.19. The Morgan fingerprint density at radius 1 is 1.07 bits per heavy atom. The number of rotatable bonds is 7. The van der Waals surface area contributed by atoms with Crippen molar-refractivity contribution in [3.63, 3.8) is 0 Å². The van der Waals surface area contributed by atoms with E-state index in [0.29, 0.717) is 33.9 Å². The number of phenolic OH excluding ortho intramolecular Hbond substituents is 1. The van der Waals surface area contributed by atoms with Gasteiger partial charge in [0.25, 0.3) is 0 Å². The lowest BCUT2D eigenvalue weighted by Gasteiger charge is -2.20. The lowest BCUT2D eigenvalue weighted by molar-refractivity contribution is 0.248. The summed E-state index contributed by atoms with van der Waals surface area (Å²) in [6, 6.07) is 11.8. The minimum Gasteiger partial charge on any atom is -0.506 e. The summed E-state index contributed by atoms with van der Waals surface area (Å²) in [6.45, 7) is 3.95. The predicted octanol–water partition coefficient (Wildman–Crippen LogP) is 4.07. The molecule has 0 saturated heterocycles. The quantitative estimate of drug-likeness (QED) is 0.444. The lowest BCUT2D eigenvalue weighted by Crippen LogP contribution is -2.30. The standard InChI is InChI=1S/C20H22ClN5O2/c1-12(2)17(11-27)25-20-24-15(14-5-3-4-8-22-14)10-19(26-20)23-16-9-13(21)6-7-18(16)28/h3-10,12,17,27-28H,11H2,1-2H3,(H2,23,24,25,26)/t17-/m0/s1. The van der Waals surface area contributed by atoms with Crippen LogP contribution < -0.4 is 10.6 Å². The van der Waals surface area contributed by atoms with Gasteiger partial charge < -0.3 is 20.8 Å². The third kappa shape index (κ3) is 4.88. The number of nitrogens with one attached hydrogen (secondary N) is 2. The summed E-state index contributed by atoms with van der Waals surface area (Å²) < 4.78 is 0. The number of benzene rings is 1. The molecule has 0 unspecified atom stereocenters. The molecule has 0 aliphatic heterocycles. The van der Waals surface area contributed by atoms with Gasteiger partial charge in [0.2, 0.25) is 5.95 Å². The van der Waals surface area contributed by atoms with E-state index in [1.54, 1.807) is 24.4 Å². The van der Waals surface area contributed by atoms with Gasteiger partial charge in [-0.05, 0) is 36.2 Å². The maximum atomic E-state index is 10.1. The van der Waals surface area contributed by atoms with Crippen molar-refractivity contribution < 1.29 is 10.2 Å². The molecule has 0 saturated carbocycles. The molecule has 0 amide bonds. The number of aromatic hydroxyl groups is 1. The smallest absolute Gasteiger partial charge is 0.225 e. The van der Waals surface area contributed by atoms with Crippen molar-refractivity contribution in [3.05, 3.63) is 53.7 Å². The number of hydrogen-bond donors (Lipinski definition) is 4. The molecule has 3 aromatic rings. The maximum absolute atomic E-state index is 10.1. The molecule has 1 aromatic carbocycles. The van der Waals surface area contributed by atoms with E-state index in [9.17, 15) is 10.2 Å². The molecular weight excluding hydrogens is 378 g/mol. The molecule has 1 atom stereocenters. The number of aliphatic hydroxyl groups excluding tert-OH is 1. The van der Waals surface area contributed by atoms with E-state index in [4.69, 9.17) is 11.6 Å². The highest BCUT2D eigenvalue weighted by atomic mass is 35.5. The van der Waals surface area contributed by atoms with Crippen LogP contribution in [0.1, 0.15) is 13.8 Å². The first-order valence-electron chi connectivity index (χ1n) is 8.89. The number of nitrogens with zero attached hydrogens (tertiary/aromatic N) is 3. The Hall–Kier alpha value is -2.90. The molecule has 0 radical (unpaired) electrons. The second kappa shape index (κ2) is 8.86. The molecule has 7 nitrogen and oxygen atoms in total. The average Bonchev–Trinajstić information content (AvgIpc) is 2.69. The number of phenols is 1. The summed E-state index contributed by atoms with van der Waals surface area (Å²) in [4.78, 5) is 13.3. The first-order chi connectivity index (χ1) is 13.5. The van der Waals surface area contributed by atoms with Crippen LogP contribution in [0.3, 0.4) is 0 Å². The van der Waals surface area contributed by atoms with Crippen LogP contribution in [-0.4, -0.2) is 37.8 Å². The molecule has 0 aliphatic carbocycles. The van der Waals surface area contributed by atoms with Crippen LogP contribution in [0.2, 0.25) is 5.02 Å². The van der Waals surface area contributed by atoms with Crippen molar-refractivity contribution in [1.29, 1.82) is 0 Å². The van der Waals surface area contributed by atoms with E-state index in [1.807, 2.05) is 32.0 Å². The van der Waals surface area contributed by atoms with Crippen LogP contribution in [0.5, 0.6) is 5.75 Å². The highest BCUT2D eigenvalue weighted by Crippen LogP contribution is 2.30. The lowest BCUT2D eigenvalue weighted by atomic mass is 10.1. The van der Waals surface area contributed by atoms with Gasteiger partial charge in [0.1, 0.15) is 11.6 Å². The highest BCUT2D eigenvalue weighted by molar-refractivity contribution is 6.31. The van der Waals surface area contributed by atoms with E-state index < -0.39 is 0 Å². The minimum absolute atomic E-state index is 0.0484. The zero-order valence-corrected chi connectivity index (χ0v) is 16.4. The first kappa shape index (κ1) is 19.9. The summed E-state index contributed by atoms with van der Waals surface area (Å²) in [6.07, 6.45) is 1.69. The van der Waals surface area contributed by atoms with Crippen LogP contribution in [0.4, 0.5) is 17.5 Å². The number of aromatic nitrogens is 3. The zero-order chi connectivity index (χ0) is 20.1. The largest absolute Gasteiger partial charge is 0.506 e. The number of hydrogen-bond acceptors (Lipinski definition) is 7. The molecule has 8 heteroatoms. The molecule has 3 rings (SSSR count). The first-order valence-corrected chi connectivity index (χ1v) is 9.27. The highest BCUT2D eigenvalue weighted by Gasteiger charge is 2.16. The summed E-state index contributed by atoms with van der Waals surface area (Å²) in [5, 5.41) is 26.4. The summed E-state index contributed by atoms with van der Waals surface area (Å²) in [5.74, 6) is 1.03. The van der Waals surface area contributed by atoms with Crippen molar-refractivity contribution >= 4 is 29.1 Å². The van der Waals surface area contributed by atoms with Gasteiger partial charge in [0.05, 0.1) is 29.7 Å². The van der Waals surface area contributed by atoms with Gasteiger partial charge in [-0.2, -0.15) is 4.98 Å². The SMILES string of the molecule is CC(C)[C@H](CO)Nc1nc(Nc2cc(Cl)ccc2O)cc(-c2ccccn2)n1. The van der Waals surface area contributed by atoms with Gasteiger partial charge in [-0.1, -0.05) is 31.5 Å². The topological polar surface area (TPSA) is 103 Å². The van der Waals surface area contributed by atoms with Crippen molar-refractivity contribution in [3.8, 4) is 17.1 Å².